The third kappa shape index (κ3) is 1.88. The van der Waals surface area contributed by atoms with Crippen LogP contribution in [-0.2, 0) is 5.79 Å². The molecule has 0 unspecified atom stereocenters. The summed E-state index contributed by atoms with van der Waals surface area (Å²) in [7, 11) is 0. The average Bonchev–Trinajstić information content (AvgIpc) is 2.65. The minimum atomic E-state index is -1.66. The Hall–Kier alpha value is -2.47. The van der Waals surface area contributed by atoms with Crippen molar-refractivity contribution in [1.82, 2.24) is 0 Å². The van der Waals surface area contributed by atoms with E-state index in [-0.39, 0.29) is 11.3 Å². The maximum Gasteiger partial charge on any atom is 0.306 e. The second kappa shape index (κ2) is 5.27. The molecular formula is C20H15ClO5. The first-order valence-electron chi connectivity index (χ1n) is 8.25. The molecule has 2 aliphatic rings. The zero-order valence-electron chi connectivity index (χ0n) is 13.5. The number of hydrogen-bond donors (Lipinski definition) is 3. The van der Waals surface area contributed by atoms with E-state index >= 15 is 0 Å². The van der Waals surface area contributed by atoms with Gasteiger partial charge < -0.3 is 24.8 Å². The lowest BCUT2D eigenvalue weighted by Crippen LogP contribution is -2.59. The molecule has 0 saturated heterocycles. The Kier molecular flexibility index (Phi) is 3.19. The quantitative estimate of drug-likeness (QED) is 0.530. The van der Waals surface area contributed by atoms with Gasteiger partial charge in [0, 0.05) is 11.1 Å². The molecule has 5 rings (SSSR count). The predicted molar refractivity (Wildman–Crippen MR) is 95.6 cm³/mol. The highest BCUT2D eigenvalue weighted by atomic mass is 35.5. The number of rotatable bonds is 0. The lowest BCUT2D eigenvalue weighted by atomic mass is 9.81. The van der Waals surface area contributed by atoms with Crippen LogP contribution in [-0.4, -0.2) is 26.8 Å². The zero-order valence-corrected chi connectivity index (χ0v) is 14.2. The van der Waals surface area contributed by atoms with Crippen LogP contribution in [0.25, 0.3) is 10.8 Å². The van der Waals surface area contributed by atoms with Gasteiger partial charge in [-0.1, -0.05) is 36.4 Å². The third-order valence-electron chi connectivity index (χ3n) is 5.10. The number of phenols is 1. The molecule has 0 aromatic heterocycles. The Bertz CT molecular complexity index is 993. The fraction of sp³-hybridized carbons (Fsp3) is 0.200. The molecule has 3 N–H and O–H groups in total. The number of ether oxygens (including phenoxy) is 2. The second-order valence-electron chi connectivity index (χ2n) is 6.55. The molecular weight excluding hydrogens is 356 g/mol. The molecule has 132 valence electrons. The minimum Gasteiger partial charge on any atom is -0.508 e. The summed E-state index contributed by atoms with van der Waals surface area (Å²) in [5, 5.41) is 32.3. The Balaban J connectivity index is 1.80. The van der Waals surface area contributed by atoms with Crippen LogP contribution >= 0.6 is 11.6 Å². The van der Waals surface area contributed by atoms with Gasteiger partial charge in [-0.3, -0.25) is 0 Å². The van der Waals surface area contributed by atoms with Crippen LogP contribution in [0.2, 0.25) is 0 Å². The first kappa shape index (κ1) is 15.8. The van der Waals surface area contributed by atoms with E-state index in [4.69, 9.17) is 21.1 Å². The lowest BCUT2D eigenvalue weighted by molar-refractivity contribution is -0.212. The number of aromatic hydroxyl groups is 1. The molecule has 1 aliphatic heterocycles. The predicted octanol–water partition coefficient (Wildman–Crippen LogP) is 3.18. The maximum atomic E-state index is 10.9. The van der Waals surface area contributed by atoms with Crippen LogP contribution in [0.4, 0.5) is 0 Å². The number of alkyl halides is 1. The Morgan fingerprint density at radius 3 is 2.15 bits per heavy atom. The van der Waals surface area contributed by atoms with E-state index in [1.54, 1.807) is 24.3 Å². The van der Waals surface area contributed by atoms with Crippen LogP contribution < -0.4 is 9.47 Å². The van der Waals surface area contributed by atoms with Crippen LogP contribution in [0.5, 0.6) is 17.2 Å². The zero-order chi connectivity index (χ0) is 18.1. The summed E-state index contributed by atoms with van der Waals surface area (Å²) in [4.78, 5) is 0. The number of aliphatic hydroxyl groups excluding tert-OH is 2. The normalized spacial score (nSPS) is 25.4. The molecule has 0 bridgehead atoms. The molecule has 0 fully saturated rings. The summed E-state index contributed by atoms with van der Waals surface area (Å²) in [5.41, 5.74) is 0.547. The van der Waals surface area contributed by atoms with Crippen LogP contribution in [0.1, 0.15) is 17.2 Å². The van der Waals surface area contributed by atoms with Crippen molar-refractivity contribution in [2.24, 2.45) is 0 Å². The number of phenolic OH excluding ortho intramolecular Hbond substituents is 1. The summed E-state index contributed by atoms with van der Waals surface area (Å²) >= 11 is 6.30. The van der Waals surface area contributed by atoms with E-state index in [2.05, 4.69) is 0 Å². The topological polar surface area (TPSA) is 79.2 Å². The molecule has 0 amide bonds. The SMILES string of the molecule is Oc1cccc2c1[C@@H](O)[C@H](Cl)[C@@H](O)C21Oc2cccc3cccc(c23)O1. The Morgan fingerprint density at radius 1 is 0.885 bits per heavy atom. The first-order valence-corrected chi connectivity index (χ1v) is 8.69. The monoisotopic (exact) mass is 370 g/mol. The smallest absolute Gasteiger partial charge is 0.306 e. The molecule has 5 nitrogen and oxygen atoms in total. The lowest BCUT2D eigenvalue weighted by Gasteiger charge is -2.47. The highest BCUT2D eigenvalue weighted by Gasteiger charge is 2.58. The van der Waals surface area contributed by atoms with Crippen molar-refractivity contribution in [2.45, 2.75) is 23.4 Å². The number of fused-ring (bicyclic) bond motifs is 2. The van der Waals surface area contributed by atoms with E-state index < -0.39 is 23.4 Å². The van der Waals surface area contributed by atoms with Gasteiger partial charge in [-0.25, -0.2) is 0 Å². The molecule has 26 heavy (non-hydrogen) atoms. The maximum absolute atomic E-state index is 10.9. The van der Waals surface area contributed by atoms with Gasteiger partial charge >= 0.3 is 5.79 Å². The van der Waals surface area contributed by atoms with Gasteiger partial charge in [0.2, 0.25) is 0 Å². The largest absolute Gasteiger partial charge is 0.508 e. The molecule has 0 radical (unpaired) electrons. The van der Waals surface area contributed by atoms with Crippen molar-refractivity contribution in [2.75, 3.05) is 0 Å². The fourth-order valence-electron chi connectivity index (χ4n) is 3.89. The molecule has 1 heterocycles. The molecule has 3 aromatic carbocycles. The molecule has 1 spiro atoms. The molecule has 0 saturated carbocycles. The number of halogens is 1. The van der Waals surface area contributed by atoms with E-state index in [1.807, 2.05) is 24.3 Å². The van der Waals surface area contributed by atoms with Crippen molar-refractivity contribution in [3.05, 3.63) is 65.7 Å². The van der Waals surface area contributed by atoms with Gasteiger partial charge in [0.05, 0.1) is 10.8 Å². The fourth-order valence-corrected chi connectivity index (χ4v) is 4.18. The van der Waals surface area contributed by atoms with Crippen LogP contribution in [0.3, 0.4) is 0 Å². The van der Waals surface area contributed by atoms with Crippen molar-refractivity contribution < 1.29 is 24.8 Å². The van der Waals surface area contributed by atoms with E-state index in [1.165, 1.54) is 6.07 Å². The standard InChI is InChI=1S/C20H15ClO5/c21-17-18(23)16-11(6-3-7-12(16)22)20(19(17)24)25-13-8-1-4-10-5-2-9-14(26-20)15(10)13/h1-9,17-19,22-24H/t17-,18+,19+/m0/s1. The van der Waals surface area contributed by atoms with Gasteiger partial charge in [0.15, 0.2) is 6.10 Å². The van der Waals surface area contributed by atoms with Crippen LogP contribution in [0.15, 0.2) is 54.6 Å². The van der Waals surface area contributed by atoms with Crippen molar-refractivity contribution >= 4 is 22.4 Å². The molecule has 3 atom stereocenters. The number of hydrogen-bond acceptors (Lipinski definition) is 5. The second-order valence-corrected chi connectivity index (χ2v) is 7.06. The third-order valence-corrected chi connectivity index (χ3v) is 5.58. The summed E-state index contributed by atoms with van der Waals surface area (Å²) in [6.07, 6.45) is -2.62. The van der Waals surface area contributed by atoms with Gasteiger partial charge in [-0.15, -0.1) is 11.6 Å². The van der Waals surface area contributed by atoms with Gasteiger partial charge in [-0.2, -0.15) is 0 Å². The highest BCUT2D eigenvalue weighted by molar-refractivity contribution is 6.21. The van der Waals surface area contributed by atoms with E-state index in [9.17, 15) is 15.3 Å². The van der Waals surface area contributed by atoms with Crippen LogP contribution in [0, 0.1) is 0 Å². The Labute approximate surface area is 154 Å². The summed E-state index contributed by atoms with van der Waals surface area (Å²) in [6.45, 7) is 0. The summed E-state index contributed by atoms with van der Waals surface area (Å²) < 4.78 is 12.3. The van der Waals surface area contributed by atoms with Gasteiger partial charge in [0.1, 0.15) is 23.4 Å². The average molecular weight is 371 g/mol. The van der Waals surface area contributed by atoms with Gasteiger partial charge in [0.25, 0.3) is 0 Å². The van der Waals surface area contributed by atoms with Crippen molar-refractivity contribution in [3.8, 4) is 17.2 Å². The summed E-state index contributed by atoms with van der Waals surface area (Å²) in [6, 6.07) is 15.9. The minimum absolute atomic E-state index is 0.129. The van der Waals surface area contributed by atoms with Gasteiger partial charge in [-0.05, 0) is 23.6 Å². The number of benzene rings is 3. The van der Waals surface area contributed by atoms with E-state index in [0.29, 0.717) is 17.1 Å². The molecule has 1 aliphatic carbocycles. The van der Waals surface area contributed by atoms with Crippen molar-refractivity contribution in [1.29, 1.82) is 0 Å². The number of aliphatic hydroxyl groups is 2. The highest BCUT2D eigenvalue weighted by Crippen LogP contribution is 2.53. The van der Waals surface area contributed by atoms with Crippen molar-refractivity contribution in [3.63, 3.8) is 0 Å². The Morgan fingerprint density at radius 2 is 1.50 bits per heavy atom. The molecule has 3 aromatic rings. The first-order chi connectivity index (χ1) is 12.5. The molecule has 6 heteroatoms. The summed E-state index contributed by atoms with van der Waals surface area (Å²) in [5.74, 6) is -0.713. The van der Waals surface area contributed by atoms with E-state index in [0.717, 1.165) is 10.8 Å².